The zero-order valence-corrected chi connectivity index (χ0v) is 10.00. The van der Waals surface area contributed by atoms with Crippen LogP contribution in [0.3, 0.4) is 0 Å². The van der Waals surface area contributed by atoms with E-state index in [1.807, 2.05) is 18.2 Å². The monoisotopic (exact) mass is 246 g/mol. The van der Waals surface area contributed by atoms with Crippen molar-refractivity contribution in [3.8, 4) is 5.75 Å². The zero-order chi connectivity index (χ0) is 13.0. The molecule has 1 aromatic heterocycles. The summed E-state index contributed by atoms with van der Waals surface area (Å²) in [7, 11) is 0. The molecule has 0 saturated carbocycles. The van der Waals surface area contributed by atoms with Gasteiger partial charge in [0, 0.05) is 0 Å². The number of carboxylic acid groups (broad SMARTS) is 1. The number of para-hydroxylation sites is 1. The van der Waals surface area contributed by atoms with Crippen molar-refractivity contribution in [3.05, 3.63) is 54.0 Å². The van der Waals surface area contributed by atoms with E-state index >= 15 is 0 Å². The predicted octanol–water partition coefficient (Wildman–Crippen LogP) is 2.84. The minimum Gasteiger partial charge on any atom is -0.492 e. The third-order valence-corrected chi connectivity index (χ3v) is 2.56. The first-order chi connectivity index (χ1) is 8.66. The van der Waals surface area contributed by atoms with E-state index in [0.717, 1.165) is 0 Å². The molecule has 1 N–H and O–H groups in total. The average Bonchev–Trinajstić information content (AvgIpc) is 2.77. The van der Waals surface area contributed by atoms with Crippen molar-refractivity contribution >= 4 is 5.97 Å². The highest BCUT2D eigenvalue weighted by molar-refractivity contribution is 5.75. The molecular weight excluding hydrogens is 232 g/mol. The molecule has 0 aliphatic carbocycles. The normalized spacial score (nSPS) is 12.1. The number of ether oxygens (including phenoxy) is 1. The quantitative estimate of drug-likeness (QED) is 0.881. The molecule has 4 nitrogen and oxygen atoms in total. The van der Waals surface area contributed by atoms with Gasteiger partial charge in [0.25, 0.3) is 0 Å². The molecule has 0 aliphatic rings. The summed E-state index contributed by atoms with van der Waals surface area (Å²) in [4.78, 5) is 11.2. The van der Waals surface area contributed by atoms with Gasteiger partial charge < -0.3 is 14.3 Å². The molecule has 0 aliphatic heterocycles. The topological polar surface area (TPSA) is 59.7 Å². The van der Waals surface area contributed by atoms with Crippen LogP contribution < -0.4 is 4.74 Å². The van der Waals surface area contributed by atoms with E-state index in [1.54, 1.807) is 31.2 Å². The van der Waals surface area contributed by atoms with Gasteiger partial charge in [0.2, 0.25) is 0 Å². The number of benzene rings is 1. The molecule has 1 aromatic carbocycles. The Balaban J connectivity index is 2.06. The Hall–Kier alpha value is -2.23. The summed E-state index contributed by atoms with van der Waals surface area (Å²) < 4.78 is 10.8. The zero-order valence-electron chi connectivity index (χ0n) is 10.00. The van der Waals surface area contributed by atoms with E-state index in [-0.39, 0.29) is 6.61 Å². The lowest BCUT2D eigenvalue weighted by atomic mass is 10.1. The molecule has 1 heterocycles. The first-order valence-corrected chi connectivity index (χ1v) is 5.64. The Morgan fingerprint density at radius 1 is 1.28 bits per heavy atom. The first kappa shape index (κ1) is 12.2. The summed E-state index contributed by atoms with van der Waals surface area (Å²) in [5, 5.41) is 9.17. The van der Waals surface area contributed by atoms with Gasteiger partial charge in [-0.15, -0.1) is 0 Å². The van der Waals surface area contributed by atoms with Gasteiger partial charge >= 0.3 is 5.97 Å². The van der Waals surface area contributed by atoms with Crippen molar-refractivity contribution in [2.75, 3.05) is 6.61 Å². The van der Waals surface area contributed by atoms with E-state index in [1.165, 1.54) is 0 Å². The molecule has 18 heavy (non-hydrogen) atoms. The Labute approximate surface area is 105 Å². The lowest BCUT2D eigenvalue weighted by Crippen LogP contribution is -2.18. The van der Waals surface area contributed by atoms with Crippen LogP contribution in [-0.2, 0) is 4.79 Å². The second kappa shape index (κ2) is 5.40. The number of hydrogen-bond acceptors (Lipinski definition) is 3. The van der Waals surface area contributed by atoms with Gasteiger partial charge in [-0.2, -0.15) is 0 Å². The second-order valence-electron chi connectivity index (χ2n) is 3.96. The lowest BCUT2D eigenvalue weighted by molar-refractivity contribution is -0.140. The smallest absolute Gasteiger partial charge is 0.317 e. The Morgan fingerprint density at radius 2 is 2.00 bits per heavy atom. The number of carboxylic acids is 1. The maximum absolute atomic E-state index is 11.2. The van der Waals surface area contributed by atoms with Gasteiger partial charge in [0.05, 0.1) is 0 Å². The molecule has 94 valence electrons. The fourth-order valence-electron chi connectivity index (χ4n) is 1.61. The minimum absolute atomic E-state index is 0.0479. The van der Waals surface area contributed by atoms with Gasteiger partial charge in [-0.25, -0.2) is 0 Å². The van der Waals surface area contributed by atoms with Gasteiger partial charge in [-0.05, 0) is 31.2 Å². The Bertz CT molecular complexity index is 516. The van der Waals surface area contributed by atoms with E-state index in [2.05, 4.69) is 0 Å². The van der Waals surface area contributed by atoms with Crippen LogP contribution in [0.25, 0.3) is 0 Å². The summed E-state index contributed by atoms with van der Waals surface area (Å²) in [6.07, 6.45) is 0. The fraction of sp³-hybridized carbons (Fsp3) is 0.214. The number of furan rings is 1. The standard InChI is InChI=1S/C14H14O4/c1-10-7-8-13(18-10)12(14(15)16)9-17-11-5-3-2-4-6-11/h2-8,12H,9H2,1H3,(H,15,16). The van der Waals surface area contributed by atoms with E-state index in [9.17, 15) is 9.90 Å². The highest BCUT2D eigenvalue weighted by Gasteiger charge is 2.24. The molecule has 4 heteroatoms. The molecule has 0 bridgehead atoms. The van der Waals surface area contributed by atoms with Gasteiger partial charge in [-0.3, -0.25) is 4.79 Å². The largest absolute Gasteiger partial charge is 0.492 e. The van der Waals surface area contributed by atoms with Crippen LogP contribution in [0, 0.1) is 6.92 Å². The summed E-state index contributed by atoms with van der Waals surface area (Å²) >= 11 is 0. The fourth-order valence-corrected chi connectivity index (χ4v) is 1.61. The second-order valence-corrected chi connectivity index (χ2v) is 3.96. The van der Waals surface area contributed by atoms with Crippen LogP contribution >= 0.6 is 0 Å². The van der Waals surface area contributed by atoms with Crippen molar-refractivity contribution in [2.45, 2.75) is 12.8 Å². The van der Waals surface area contributed by atoms with Crippen molar-refractivity contribution in [3.63, 3.8) is 0 Å². The molecule has 2 rings (SSSR count). The minimum atomic E-state index is -0.958. The number of aryl methyl sites for hydroxylation is 1. The average molecular weight is 246 g/mol. The van der Waals surface area contributed by atoms with Crippen LogP contribution in [-0.4, -0.2) is 17.7 Å². The van der Waals surface area contributed by atoms with Crippen LogP contribution in [0.1, 0.15) is 17.4 Å². The van der Waals surface area contributed by atoms with Crippen LogP contribution in [0.15, 0.2) is 46.9 Å². The molecule has 0 amide bonds. The molecule has 1 unspecified atom stereocenters. The summed E-state index contributed by atoms with van der Waals surface area (Å²) in [5.74, 6) is -0.00175. The van der Waals surface area contributed by atoms with E-state index < -0.39 is 11.9 Å². The molecular formula is C14H14O4. The maximum atomic E-state index is 11.2. The third kappa shape index (κ3) is 2.91. The molecule has 0 spiro atoms. The summed E-state index contributed by atoms with van der Waals surface area (Å²) in [6, 6.07) is 12.5. The van der Waals surface area contributed by atoms with Gasteiger partial charge in [0.1, 0.15) is 29.8 Å². The number of rotatable bonds is 5. The number of hydrogen-bond donors (Lipinski definition) is 1. The Kier molecular flexibility index (Phi) is 3.67. The van der Waals surface area contributed by atoms with Gasteiger partial charge in [0.15, 0.2) is 0 Å². The number of aliphatic carboxylic acids is 1. The first-order valence-electron chi connectivity index (χ1n) is 5.64. The summed E-state index contributed by atoms with van der Waals surface area (Å²) in [6.45, 7) is 1.83. The third-order valence-electron chi connectivity index (χ3n) is 2.56. The number of carbonyl (C=O) groups is 1. The SMILES string of the molecule is Cc1ccc(C(COc2ccccc2)C(=O)O)o1. The van der Waals surface area contributed by atoms with Crippen molar-refractivity contribution in [1.82, 2.24) is 0 Å². The lowest BCUT2D eigenvalue weighted by Gasteiger charge is -2.11. The van der Waals surface area contributed by atoms with E-state index in [4.69, 9.17) is 9.15 Å². The van der Waals surface area contributed by atoms with E-state index in [0.29, 0.717) is 17.3 Å². The molecule has 2 aromatic rings. The predicted molar refractivity (Wildman–Crippen MR) is 65.8 cm³/mol. The Morgan fingerprint density at radius 3 is 2.56 bits per heavy atom. The summed E-state index contributed by atoms with van der Waals surface area (Å²) in [5.41, 5.74) is 0. The van der Waals surface area contributed by atoms with Crippen LogP contribution in [0.2, 0.25) is 0 Å². The van der Waals surface area contributed by atoms with Crippen LogP contribution in [0.5, 0.6) is 5.75 Å². The molecule has 0 saturated heterocycles. The highest BCUT2D eigenvalue weighted by Crippen LogP contribution is 2.20. The van der Waals surface area contributed by atoms with Crippen molar-refractivity contribution in [1.29, 1.82) is 0 Å². The molecule has 0 fully saturated rings. The van der Waals surface area contributed by atoms with Crippen molar-refractivity contribution in [2.24, 2.45) is 0 Å². The van der Waals surface area contributed by atoms with Crippen LogP contribution in [0.4, 0.5) is 0 Å². The molecule has 0 radical (unpaired) electrons. The maximum Gasteiger partial charge on any atom is 0.317 e. The highest BCUT2D eigenvalue weighted by atomic mass is 16.5. The molecule has 1 atom stereocenters. The van der Waals surface area contributed by atoms with Crippen molar-refractivity contribution < 1.29 is 19.1 Å². The van der Waals surface area contributed by atoms with Gasteiger partial charge in [-0.1, -0.05) is 18.2 Å².